The summed E-state index contributed by atoms with van der Waals surface area (Å²) in [5.41, 5.74) is 4.88. The van der Waals surface area contributed by atoms with Gasteiger partial charge in [-0.25, -0.2) is 0 Å². The van der Waals surface area contributed by atoms with Crippen molar-refractivity contribution in [2.75, 3.05) is 18.4 Å². The molecule has 1 aliphatic heterocycles. The summed E-state index contributed by atoms with van der Waals surface area (Å²) in [5.74, 6) is 0.218. The third-order valence-electron chi connectivity index (χ3n) is 4.82. The number of piperidine rings is 1. The number of nitrogens with zero attached hydrogens (tertiary/aromatic N) is 1. The molecule has 1 aliphatic rings. The highest BCUT2D eigenvalue weighted by Crippen LogP contribution is 2.22. The third kappa shape index (κ3) is 4.24. The molecular formula is C21H26N2O. The minimum atomic E-state index is 0.0732. The van der Waals surface area contributed by atoms with E-state index in [0.29, 0.717) is 0 Å². The van der Waals surface area contributed by atoms with E-state index in [1.54, 1.807) is 0 Å². The number of carbonyl (C=O) groups is 1. The molecule has 126 valence electrons. The van der Waals surface area contributed by atoms with Gasteiger partial charge in [-0.05, 0) is 56.5 Å². The van der Waals surface area contributed by atoms with Crippen molar-refractivity contribution in [3.8, 4) is 0 Å². The van der Waals surface area contributed by atoms with Crippen LogP contribution in [0.2, 0.25) is 0 Å². The number of amides is 1. The first-order valence-corrected chi connectivity index (χ1v) is 8.76. The number of benzene rings is 2. The van der Waals surface area contributed by atoms with Crippen molar-refractivity contribution in [2.24, 2.45) is 5.92 Å². The molecule has 0 radical (unpaired) electrons. The average Bonchev–Trinajstić information content (AvgIpc) is 2.59. The molecule has 3 nitrogen and oxygen atoms in total. The maximum atomic E-state index is 12.5. The molecule has 0 spiro atoms. The highest BCUT2D eigenvalue weighted by Gasteiger charge is 2.26. The van der Waals surface area contributed by atoms with Gasteiger partial charge in [-0.3, -0.25) is 9.69 Å². The molecule has 0 saturated carbocycles. The lowest BCUT2D eigenvalue weighted by molar-refractivity contribution is -0.121. The summed E-state index contributed by atoms with van der Waals surface area (Å²) < 4.78 is 0. The Hall–Kier alpha value is -2.13. The van der Waals surface area contributed by atoms with Crippen LogP contribution >= 0.6 is 0 Å². The van der Waals surface area contributed by atoms with Crippen molar-refractivity contribution in [1.29, 1.82) is 0 Å². The van der Waals surface area contributed by atoms with Crippen molar-refractivity contribution in [2.45, 2.75) is 33.2 Å². The van der Waals surface area contributed by atoms with Crippen LogP contribution in [-0.2, 0) is 11.3 Å². The van der Waals surface area contributed by atoms with Crippen LogP contribution in [0.25, 0.3) is 0 Å². The molecule has 3 heteroatoms. The number of anilines is 1. The van der Waals surface area contributed by atoms with Gasteiger partial charge in [-0.2, -0.15) is 0 Å². The van der Waals surface area contributed by atoms with Gasteiger partial charge in [0.25, 0.3) is 0 Å². The van der Waals surface area contributed by atoms with Gasteiger partial charge in [0, 0.05) is 18.8 Å². The van der Waals surface area contributed by atoms with E-state index >= 15 is 0 Å². The summed E-state index contributed by atoms with van der Waals surface area (Å²) in [6.07, 6.45) is 2.06. The first-order valence-electron chi connectivity index (χ1n) is 8.76. The average molecular weight is 322 g/mol. The molecule has 1 amide bonds. The number of rotatable bonds is 4. The second-order valence-electron chi connectivity index (χ2n) is 6.86. The Morgan fingerprint density at radius 3 is 2.75 bits per heavy atom. The minimum Gasteiger partial charge on any atom is -0.326 e. The maximum absolute atomic E-state index is 12.5. The monoisotopic (exact) mass is 322 g/mol. The van der Waals surface area contributed by atoms with Crippen molar-refractivity contribution < 1.29 is 4.79 Å². The molecule has 1 heterocycles. The Morgan fingerprint density at radius 2 is 1.96 bits per heavy atom. The van der Waals surface area contributed by atoms with E-state index in [-0.39, 0.29) is 11.8 Å². The topological polar surface area (TPSA) is 32.3 Å². The number of hydrogen-bond donors (Lipinski definition) is 1. The van der Waals surface area contributed by atoms with E-state index < -0.39 is 0 Å². The molecule has 1 atom stereocenters. The van der Waals surface area contributed by atoms with Gasteiger partial charge >= 0.3 is 0 Å². The normalized spacial score (nSPS) is 18.3. The zero-order chi connectivity index (χ0) is 16.9. The summed E-state index contributed by atoms with van der Waals surface area (Å²) in [4.78, 5) is 15.0. The number of carbonyl (C=O) groups excluding carboxylic acids is 1. The van der Waals surface area contributed by atoms with Crippen LogP contribution in [0.5, 0.6) is 0 Å². The van der Waals surface area contributed by atoms with E-state index in [1.165, 1.54) is 16.7 Å². The largest absolute Gasteiger partial charge is 0.326 e. The quantitative estimate of drug-likeness (QED) is 0.917. The van der Waals surface area contributed by atoms with Gasteiger partial charge in [0.05, 0.1) is 5.92 Å². The van der Waals surface area contributed by atoms with Gasteiger partial charge in [0.2, 0.25) is 5.91 Å². The van der Waals surface area contributed by atoms with Crippen LogP contribution in [0, 0.1) is 19.8 Å². The highest BCUT2D eigenvalue weighted by molar-refractivity contribution is 5.92. The predicted octanol–water partition coefficient (Wildman–Crippen LogP) is 4.15. The number of nitrogens with one attached hydrogen (secondary N) is 1. The second kappa shape index (κ2) is 7.63. The minimum absolute atomic E-state index is 0.0732. The number of likely N-dealkylation sites (tertiary alicyclic amines) is 1. The Labute approximate surface area is 144 Å². The standard InChI is InChI=1S/C21H26N2O/c1-16-10-11-17(2)19(13-16)15-23-12-6-7-18(14-23)21(24)22-20-8-4-3-5-9-20/h3-5,8-11,13,18H,6-7,12,14-15H2,1-2H3,(H,22,24)/t18-/m1/s1. The van der Waals surface area contributed by atoms with Gasteiger partial charge in [-0.15, -0.1) is 0 Å². The summed E-state index contributed by atoms with van der Waals surface area (Å²) in [7, 11) is 0. The molecule has 1 saturated heterocycles. The van der Waals surface area contributed by atoms with Crippen molar-refractivity contribution in [1.82, 2.24) is 4.90 Å². The fraction of sp³-hybridized carbons (Fsp3) is 0.381. The highest BCUT2D eigenvalue weighted by atomic mass is 16.1. The third-order valence-corrected chi connectivity index (χ3v) is 4.82. The molecule has 0 aromatic heterocycles. The fourth-order valence-corrected chi connectivity index (χ4v) is 3.39. The van der Waals surface area contributed by atoms with Gasteiger partial charge < -0.3 is 5.32 Å². The summed E-state index contributed by atoms with van der Waals surface area (Å²) in [6, 6.07) is 16.3. The number of para-hydroxylation sites is 1. The van der Waals surface area contributed by atoms with Gasteiger partial charge in [0.15, 0.2) is 0 Å². The number of aryl methyl sites for hydroxylation is 2. The Bertz CT molecular complexity index is 696. The summed E-state index contributed by atoms with van der Waals surface area (Å²) >= 11 is 0. The molecule has 2 aromatic rings. The maximum Gasteiger partial charge on any atom is 0.228 e. The Balaban J connectivity index is 1.61. The molecule has 0 aliphatic carbocycles. The lowest BCUT2D eigenvalue weighted by Crippen LogP contribution is -2.40. The Kier molecular flexibility index (Phi) is 5.31. The Morgan fingerprint density at radius 1 is 1.17 bits per heavy atom. The van der Waals surface area contributed by atoms with E-state index in [2.05, 4.69) is 42.3 Å². The van der Waals surface area contributed by atoms with Crippen LogP contribution in [-0.4, -0.2) is 23.9 Å². The molecule has 2 aromatic carbocycles. The van der Waals surface area contributed by atoms with Crippen molar-refractivity contribution in [3.05, 3.63) is 65.2 Å². The van der Waals surface area contributed by atoms with Crippen LogP contribution < -0.4 is 5.32 Å². The number of hydrogen-bond acceptors (Lipinski definition) is 2. The van der Waals surface area contributed by atoms with Crippen molar-refractivity contribution >= 4 is 11.6 Å². The smallest absolute Gasteiger partial charge is 0.228 e. The van der Waals surface area contributed by atoms with Gasteiger partial charge in [0.1, 0.15) is 0 Å². The van der Waals surface area contributed by atoms with Crippen LogP contribution in [0.3, 0.4) is 0 Å². The molecule has 1 N–H and O–H groups in total. The zero-order valence-corrected chi connectivity index (χ0v) is 14.6. The molecule has 0 bridgehead atoms. The first-order chi connectivity index (χ1) is 11.6. The van der Waals surface area contributed by atoms with E-state index in [0.717, 1.165) is 38.2 Å². The zero-order valence-electron chi connectivity index (χ0n) is 14.6. The molecule has 24 heavy (non-hydrogen) atoms. The molecule has 3 rings (SSSR count). The lowest BCUT2D eigenvalue weighted by atomic mass is 9.96. The predicted molar refractivity (Wildman–Crippen MR) is 99.0 cm³/mol. The first kappa shape index (κ1) is 16.7. The van der Waals surface area contributed by atoms with E-state index in [9.17, 15) is 4.79 Å². The summed E-state index contributed by atoms with van der Waals surface area (Å²) in [6.45, 7) is 7.14. The van der Waals surface area contributed by atoms with Crippen LogP contribution in [0.4, 0.5) is 5.69 Å². The molecular weight excluding hydrogens is 296 g/mol. The SMILES string of the molecule is Cc1ccc(C)c(CN2CCC[C@@H](C(=O)Nc3ccccc3)C2)c1. The van der Waals surface area contributed by atoms with Gasteiger partial charge in [-0.1, -0.05) is 42.0 Å². The molecule has 1 fully saturated rings. The lowest BCUT2D eigenvalue weighted by Gasteiger charge is -2.32. The summed E-state index contributed by atoms with van der Waals surface area (Å²) in [5, 5.41) is 3.05. The van der Waals surface area contributed by atoms with Crippen molar-refractivity contribution in [3.63, 3.8) is 0 Å². The van der Waals surface area contributed by atoms with Crippen LogP contribution in [0.15, 0.2) is 48.5 Å². The van der Waals surface area contributed by atoms with Crippen LogP contribution in [0.1, 0.15) is 29.5 Å². The van der Waals surface area contributed by atoms with E-state index in [1.807, 2.05) is 30.3 Å². The van der Waals surface area contributed by atoms with E-state index in [4.69, 9.17) is 0 Å². The second-order valence-corrected chi connectivity index (χ2v) is 6.86. The fourth-order valence-electron chi connectivity index (χ4n) is 3.39. The molecule has 0 unspecified atom stereocenters.